The first-order valence-corrected chi connectivity index (χ1v) is 43.6. The van der Waals surface area contributed by atoms with Gasteiger partial charge in [0.15, 0.2) is 11.6 Å². The summed E-state index contributed by atoms with van der Waals surface area (Å²) < 4.78 is 173. The Hall–Kier alpha value is -8.42. The van der Waals surface area contributed by atoms with Crippen LogP contribution < -0.4 is 28.4 Å². The van der Waals surface area contributed by atoms with Gasteiger partial charge in [-0.05, 0) is 165 Å². The minimum absolute atomic E-state index is 0.0176. The molecule has 6 heterocycles. The van der Waals surface area contributed by atoms with Gasteiger partial charge in [0, 0.05) is 47.2 Å². The maximum Gasteiger partial charge on any atom is 0.427 e. The first kappa shape index (κ1) is 88.4. The number of pyridine rings is 2. The third kappa shape index (κ3) is 20.5. The number of fused-ring (bicyclic) bond motifs is 6. The van der Waals surface area contributed by atoms with Crippen molar-refractivity contribution in [3.63, 3.8) is 0 Å². The molecule has 636 valence electrons. The molecule has 2 aromatic heterocycles. The molecule has 8 aliphatic rings. The molecule has 4 aromatic rings. The third-order valence-electron chi connectivity index (χ3n) is 24.1. The maximum atomic E-state index is 14.8. The first-order chi connectivity index (χ1) is 54.5. The summed E-state index contributed by atoms with van der Waals surface area (Å²) in [4.78, 5) is 125. The molecule has 116 heavy (non-hydrogen) atoms. The van der Waals surface area contributed by atoms with Crippen LogP contribution in [0.5, 0.6) is 23.3 Å². The summed E-state index contributed by atoms with van der Waals surface area (Å²) in [5, 5.41) is 1.43. The van der Waals surface area contributed by atoms with Crippen molar-refractivity contribution in [1.82, 2.24) is 29.2 Å². The molecule has 0 bridgehead atoms. The normalized spacial score (nSPS) is 29.1. The summed E-state index contributed by atoms with van der Waals surface area (Å²) in [5.41, 5.74) is -8.34. The van der Waals surface area contributed by atoms with Crippen LogP contribution in [0.4, 0.5) is 26.3 Å². The Kier molecular flexibility index (Phi) is 26.9. The van der Waals surface area contributed by atoms with Crippen molar-refractivity contribution in [3.8, 4) is 23.3 Å². The number of hydrogen-bond acceptors (Lipinski definition) is 20. The molecule has 4 amide bonds. The predicted octanol–water partition coefficient (Wildman–Crippen LogP) is 13.7. The lowest BCUT2D eigenvalue weighted by Gasteiger charge is -2.33. The van der Waals surface area contributed by atoms with Gasteiger partial charge in [0.25, 0.3) is 0 Å². The molecule has 4 aliphatic carbocycles. The fourth-order valence-corrected chi connectivity index (χ4v) is 19.3. The van der Waals surface area contributed by atoms with Crippen LogP contribution in [0.1, 0.15) is 198 Å². The van der Waals surface area contributed by atoms with Crippen LogP contribution in [0.15, 0.2) is 85.2 Å². The molecule has 2 saturated heterocycles. The molecule has 6 fully saturated rings. The second kappa shape index (κ2) is 35.3. The van der Waals surface area contributed by atoms with Crippen LogP contribution in [0.25, 0.3) is 21.5 Å². The van der Waals surface area contributed by atoms with E-state index in [1.165, 1.54) is 9.80 Å². The van der Waals surface area contributed by atoms with Gasteiger partial charge in [0.2, 0.25) is 66.6 Å². The highest BCUT2D eigenvalue weighted by atomic mass is 32.2. The molecule has 0 spiro atoms. The van der Waals surface area contributed by atoms with Crippen molar-refractivity contribution < 1.29 is 110 Å². The third-order valence-corrected chi connectivity index (χ3v) is 27.8. The van der Waals surface area contributed by atoms with Gasteiger partial charge in [-0.25, -0.2) is 26.8 Å². The van der Waals surface area contributed by atoms with E-state index >= 15 is 0 Å². The highest BCUT2D eigenvalue weighted by molar-refractivity contribution is 7.91. The van der Waals surface area contributed by atoms with E-state index in [-0.39, 0.29) is 75.2 Å². The van der Waals surface area contributed by atoms with Crippen molar-refractivity contribution in [3.05, 3.63) is 85.2 Å². The van der Waals surface area contributed by atoms with E-state index in [2.05, 4.69) is 19.4 Å². The number of ether oxygens (including phenoxy) is 6. The smallest absolute Gasteiger partial charge is 0.427 e. The Labute approximate surface area is 673 Å². The number of carbonyl (C=O) groups is 8. The number of alkyl halides is 6. The summed E-state index contributed by atoms with van der Waals surface area (Å²) in [5.74, 6) is -8.68. The molecule has 32 heteroatoms. The average Bonchev–Trinajstić information content (AvgIpc) is 1.57. The van der Waals surface area contributed by atoms with Crippen LogP contribution in [0, 0.1) is 58.2 Å². The van der Waals surface area contributed by atoms with Crippen LogP contribution in [-0.4, -0.2) is 168 Å². The van der Waals surface area contributed by atoms with Crippen LogP contribution in [-0.2, 0) is 67.9 Å². The van der Waals surface area contributed by atoms with E-state index in [1.807, 2.05) is 101 Å². The molecule has 4 aliphatic heterocycles. The van der Waals surface area contributed by atoms with Gasteiger partial charge in [-0.2, -0.15) is 26.3 Å². The van der Waals surface area contributed by atoms with Crippen molar-refractivity contribution >= 4 is 88.7 Å². The molecule has 2 aromatic carbocycles. The number of ketones is 2. The van der Waals surface area contributed by atoms with E-state index < -0.39 is 185 Å². The zero-order chi connectivity index (χ0) is 84.4. The summed E-state index contributed by atoms with van der Waals surface area (Å²) in [7, 11) is -7.86. The number of allylic oxidation sites excluding steroid dienone is 4. The highest BCUT2D eigenvalue weighted by Gasteiger charge is 2.64. The van der Waals surface area contributed by atoms with Crippen molar-refractivity contribution in [2.45, 2.75) is 256 Å². The summed E-state index contributed by atoms with van der Waals surface area (Å²) in [6.07, 6.45) is 4.47. The Morgan fingerprint density at radius 2 is 0.879 bits per heavy atom. The van der Waals surface area contributed by atoms with Gasteiger partial charge < -0.3 is 38.2 Å². The molecule has 14 atom stereocenters. The van der Waals surface area contributed by atoms with E-state index in [4.69, 9.17) is 28.4 Å². The second-order valence-electron chi connectivity index (χ2n) is 34.4. The molecule has 2 N–H and O–H groups in total. The van der Waals surface area contributed by atoms with Gasteiger partial charge in [0.05, 0.1) is 96.8 Å². The van der Waals surface area contributed by atoms with E-state index in [0.29, 0.717) is 99.7 Å². The number of rotatable bonds is 22. The summed E-state index contributed by atoms with van der Waals surface area (Å²) >= 11 is 0. The molecule has 24 nitrogen and oxygen atoms in total. The number of sulfonamides is 2. The predicted molar refractivity (Wildman–Crippen MR) is 416 cm³/mol. The number of esters is 2. The Balaban J connectivity index is 0.000000228. The summed E-state index contributed by atoms with van der Waals surface area (Å²) in [6, 6.07) is 12.3. The Morgan fingerprint density at radius 3 is 1.22 bits per heavy atom. The van der Waals surface area contributed by atoms with Gasteiger partial charge in [-0.3, -0.25) is 47.8 Å². The zero-order valence-electron chi connectivity index (χ0n) is 67.4. The fourth-order valence-electron chi connectivity index (χ4n) is 16.5. The minimum atomic E-state index is -4.86. The molecule has 4 saturated carbocycles. The van der Waals surface area contributed by atoms with Crippen molar-refractivity contribution in [2.75, 3.05) is 26.3 Å². The zero-order valence-corrected chi connectivity index (χ0v) is 69.0. The number of amides is 4. The molecular weight excluding hydrogens is 1560 g/mol. The standard InChI is InChI=1S/2C42H54F3N3O9S/c2*1-6-17-55-35-23-46-37(31-14-10-9-13-30(31)35)56-28-19-33-34(49)22-41(39(52)47-58(53,54)29-15-16-29)21-27(41)12-8-7-11-25(2)18-26(3)32(38(51)48(33)24-28)20-36(50)57-40(4,5)42(43,44)45/h2*8-10,12-14,23,25-29,32-33H,6-7,11,15-22,24H2,1-5H3,(H,47,52)/b2*12-8-/t25-,26+,27+,28+,32-,33-,41+;25-,26-,27-,28-,32+,33+,41-/m01/s1. The average molecular weight is 1670 g/mol. The Morgan fingerprint density at radius 1 is 0.526 bits per heavy atom. The number of benzene rings is 2. The van der Waals surface area contributed by atoms with E-state index in [9.17, 15) is 81.5 Å². The Bertz CT molecular complexity index is 4360. The highest BCUT2D eigenvalue weighted by Crippen LogP contribution is 2.59. The van der Waals surface area contributed by atoms with Gasteiger partial charge >= 0.3 is 24.3 Å². The lowest BCUT2D eigenvalue weighted by molar-refractivity contribution is -0.257. The number of halogens is 6. The maximum absolute atomic E-state index is 14.8. The summed E-state index contributed by atoms with van der Waals surface area (Å²) in [6.45, 7) is 15.1. The quantitative estimate of drug-likeness (QED) is 0.0419. The lowest BCUT2D eigenvalue weighted by atomic mass is 9.82. The number of Topliss-reactive ketones (excluding diaryl/α,β-unsaturated/α-hetero) is 2. The lowest BCUT2D eigenvalue weighted by Crippen LogP contribution is -2.48. The number of nitrogens with one attached hydrogen (secondary N) is 2. The van der Waals surface area contributed by atoms with Crippen molar-refractivity contribution in [2.24, 2.45) is 58.2 Å². The fraction of sp³-hybridized carbons (Fsp3) is 0.643. The topological polar surface area (TPSA) is 317 Å². The van der Waals surface area contributed by atoms with Crippen LogP contribution in [0.2, 0.25) is 0 Å². The number of aromatic nitrogens is 2. The van der Waals surface area contributed by atoms with E-state index in [0.717, 1.165) is 51.3 Å². The van der Waals surface area contributed by atoms with Gasteiger partial charge in [-0.1, -0.05) is 102 Å². The SMILES string of the molecule is CCCOc1cnc(O[C@@H]2C[C@H]3C(=O)C[C@]4(C(=O)NS(=O)(=O)C5CC5)C[C@H]4/C=C\CC[C@@H](C)C[C@@H](C)[C@H](CC(=O)OC(C)(C)C(F)(F)F)C(=O)N3C2)c2ccccc12.CCCOc1cnc(O[C@@H]2C[C@H]3C(=O)C[C@]4(C(=O)NS(=O)(=O)C5CC5)C[C@H]4/C=C\CC[C@H](C)C[C@@H](C)[C@H](CC(=O)OC(C)(C)C(F)(F)F)C(=O)N3C2)c2ccccc12. The van der Waals surface area contributed by atoms with E-state index in [1.54, 1.807) is 26.2 Å². The molecular formula is C84H108F6N6O18S2. The largest absolute Gasteiger partial charge is 0.491 e. The van der Waals surface area contributed by atoms with Crippen molar-refractivity contribution in [1.29, 1.82) is 0 Å². The molecule has 0 radical (unpaired) electrons. The van der Waals surface area contributed by atoms with Gasteiger partial charge in [0.1, 0.15) is 23.7 Å². The number of carbonyl (C=O) groups excluding carboxylic acids is 8. The molecule has 0 unspecified atom stereocenters. The number of nitrogens with zero attached hydrogens (tertiary/aromatic N) is 4. The minimum Gasteiger partial charge on any atom is -0.491 e. The molecule has 12 rings (SSSR count). The first-order valence-electron chi connectivity index (χ1n) is 40.6. The second-order valence-corrected chi connectivity index (χ2v) is 38.3. The van der Waals surface area contributed by atoms with Gasteiger partial charge in [-0.15, -0.1) is 0 Å². The monoisotopic (exact) mass is 1670 g/mol. The van der Waals surface area contributed by atoms with Crippen LogP contribution >= 0.6 is 0 Å². The van der Waals surface area contributed by atoms with Crippen LogP contribution in [0.3, 0.4) is 0 Å². The number of hydrogen-bond donors (Lipinski definition) is 2.